The van der Waals surface area contributed by atoms with Gasteiger partial charge in [0, 0.05) is 44.5 Å². The number of aromatic amines is 2. The molecule has 0 fully saturated rings. The van der Waals surface area contributed by atoms with Crippen molar-refractivity contribution in [2.24, 2.45) is 11.8 Å². The maximum Gasteiger partial charge on any atom is 0.159 e. The van der Waals surface area contributed by atoms with E-state index in [1.165, 1.54) is 0 Å². The smallest absolute Gasteiger partial charge is 0.159 e. The molecular weight excluding hydrogens is 648 g/mol. The molecule has 0 amide bonds. The minimum absolute atomic E-state index is 0.119. The Kier molecular flexibility index (Phi) is 5.84. The fraction of sp³-hybridized carbons (Fsp3) is 0.125. The third kappa shape index (κ3) is 4.14. The van der Waals surface area contributed by atoms with Crippen molar-refractivity contribution in [2.75, 3.05) is 21.3 Å². The van der Waals surface area contributed by atoms with Gasteiger partial charge in [0.1, 0.15) is 47.2 Å². The van der Waals surface area contributed by atoms with Gasteiger partial charge < -0.3 is 41.9 Å². The van der Waals surface area contributed by atoms with Gasteiger partial charge in [0.25, 0.3) is 0 Å². The zero-order valence-corrected chi connectivity index (χ0v) is 24.0. The van der Waals surface area contributed by atoms with E-state index in [1.807, 2.05) is 0 Å². The van der Waals surface area contributed by atoms with Crippen molar-refractivity contribution in [1.29, 1.82) is 0 Å². The van der Waals surface area contributed by atoms with Gasteiger partial charge in [0.15, 0.2) is 46.6 Å². The molecule has 8 N–H and O–H groups in total. The number of benzene rings is 2. The van der Waals surface area contributed by atoms with Crippen LogP contribution in [0.3, 0.4) is 0 Å². The zero-order chi connectivity index (χ0) is 33.2. The van der Waals surface area contributed by atoms with Gasteiger partial charge >= 0.3 is 0 Å². The highest BCUT2D eigenvalue weighted by molar-refractivity contribution is 6.03. The van der Waals surface area contributed by atoms with Crippen LogP contribution >= 0.6 is 0 Å². The van der Waals surface area contributed by atoms with E-state index < -0.39 is 70.7 Å². The van der Waals surface area contributed by atoms with Crippen molar-refractivity contribution in [1.82, 2.24) is 20.6 Å². The summed E-state index contributed by atoms with van der Waals surface area (Å²) in [4.78, 5) is 6.07. The summed E-state index contributed by atoms with van der Waals surface area (Å²) in [5, 5.41) is 19.3. The summed E-state index contributed by atoms with van der Waals surface area (Å²) in [6.45, 7) is 0. The second-order valence-corrected chi connectivity index (χ2v) is 11.9. The molecule has 48 heavy (non-hydrogen) atoms. The quantitative estimate of drug-likeness (QED) is 0.0923. The summed E-state index contributed by atoms with van der Waals surface area (Å²) in [5.41, 5.74) is 0.513. The van der Waals surface area contributed by atoms with Crippen molar-refractivity contribution in [2.45, 2.75) is 12.3 Å². The highest BCUT2D eigenvalue weighted by Crippen LogP contribution is 2.43. The van der Waals surface area contributed by atoms with Crippen LogP contribution in [0.1, 0.15) is 0 Å². The maximum absolute atomic E-state index is 14.6. The van der Waals surface area contributed by atoms with Crippen LogP contribution in [-0.2, 0) is 0 Å². The van der Waals surface area contributed by atoms with Gasteiger partial charge in [-0.15, -0.1) is 0 Å². The number of anilines is 4. The van der Waals surface area contributed by atoms with Gasteiger partial charge in [0.2, 0.25) is 0 Å². The van der Waals surface area contributed by atoms with Gasteiger partial charge in [0.05, 0.1) is 0 Å². The molecule has 0 spiro atoms. The van der Waals surface area contributed by atoms with Crippen LogP contribution in [-0.4, -0.2) is 22.3 Å². The Morgan fingerprint density at radius 2 is 0.771 bits per heavy atom. The summed E-state index contributed by atoms with van der Waals surface area (Å²) in [6.07, 6.45) is 2.24. The van der Waals surface area contributed by atoms with Crippen molar-refractivity contribution in [3.8, 4) is 0 Å². The van der Waals surface area contributed by atoms with E-state index in [9.17, 15) is 35.1 Å². The SMILES string of the molecule is FC1=CC2=C3Nc4[nH]c(c5cc(F)c(F)cc45)NC4=C5C=C(F)C(F)=CC5C(N4)Nc4[nH]c(c5cc(F)c(F)cc45)NC(N3)C2C=C1F. The molecule has 4 atom stereocenters. The molecule has 3 aliphatic heterocycles. The second kappa shape index (κ2) is 9.85. The lowest BCUT2D eigenvalue weighted by Crippen LogP contribution is -2.38. The number of allylic oxidation sites excluding steroid dienone is 6. The van der Waals surface area contributed by atoms with Crippen LogP contribution in [0.25, 0.3) is 21.5 Å². The molecular formula is C32H20F8N8. The monoisotopic (exact) mass is 668 g/mol. The molecule has 2 aromatic carbocycles. The van der Waals surface area contributed by atoms with Crippen molar-refractivity contribution in [3.63, 3.8) is 0 Å². The molecule has 0 radical (unpaired) electrons. The standard InChI is InChI=1S/C32H20F8N8/c33-17-1-9-10(2-18(17)34)26-41-25(9)45-27-11-3-19(35)20(36)4-12(11)29(42-27)47-31-15-7-23(39)24(40)8-16(15)32(44-31)48-30-14-6-22(38)21(37)5-13(14)28(43-30)46-26/h1-9,15,25,31,41-48H. The minimum atomic E-state index is -1.16. The second-order valence-electron chi connectivity index (χ2n) is 11.9. The number of halogens is 8. The lowest BCUT2D eigenvalue weighted by atomic mass is 9.93. The molecule has 4 aromatic rings. The van der Waals surface area contributed by atoms with Crippen molar-refractivity contribution < 1.29 is 35.1 Å². The number of rotatable bonds is 0. The van der Waals surface area contributed by atoms with Gasteiger partial charge in [-0.3, -0.25) is 0 Å². The van der Waals surface area contributed by atoms with Crippen molar-refractivity contribution >= 4 is 44.8 Å². The van der Waals surface area contributed by atoms with Gasteiger partial charge in [-0.1, -0.05) is 0 Å². The molecule has 5 heterocycles. The molecule has 4 unspecified atom stereocenters. The molecule has 2 aliphatic carbocycles. The first-order valence-corrected chi connectivity index (χ1v) is 14.6. The number of hydrogen-bond acceptors (Lipinski definition) is 6. The Morgan fingerprint density at radius 1 is 0.417 bits per heavy atom. The van der Waals surface area contributed by atoms with Crippen LogP contribution in [0, 0.1) is 35.1 Å². The Balaban J connectivity index is 1.26. The lowest BCUT2D eigenvalue weighted by Gasteiger charge is -2.23. The topological polar surface area (TPSA) is 104 Å². The van der Waals surface area contributed by atoms with Crippen molar-refractivity contribution in [3.05, 3.63) is 118 Å². The molecule has 0 saturated carbocycles. The summed E-state index contributed by atoms with van der Waals surface area (Å²) < 4.78 is 117. The summed E-state index contributed by atoms with van der Waals surface area (Å²) in [5.74, 6) is -9.96. The summed E-state index contributed by atoms with van der Waals surface area (Å²) >= 11 is 0. The first kappa shape index (κ1) is 28.4. The average Bonchev–Trinajstić information content (AvgIpc) is 3.74. The normalized spacial score (nSPS) is 24.3. The summed E-state index contributed by atoms with van der Waals surface area (Å²) in [7, 11) is 0. The third-order valence-electron chi connectivity index (χ3n) is 9.08. The van der Waals surface area contributed by atoms with Crippen LogP contribution in [0.4, 0.5) is 58.4 Å². The first-order chi connectivity index (χ1) is 23.0. The predicted molar refractivity (Wildman–Crippen MR) is 163 cm³/mol. The van der Waals surface area contributed by atoms with Gasteiger partial charge in [-0.05, 0) is 48.6 Å². The maximum atomic E-state index is 14.6. The lowest BCUT2D eigenvalue weighted by molar-refractivity contribution is 0.508. The third-order valence-corrected chi connectivity index (χ3v) is 9.08. The Hall–Kier alpha value is -5.80. The Labute approximate surface area is 264 Å². The number of H-pyrrole nitrogens is 2. The van der Waals surface area contributed by atoms with Crippen LogP contribution in [0.2, 0.25) is 0 Å². The number of fused-ring (bicyclic) bond motifs is 18. The average molecular weight is 669 g/mol. The summed E-state index contributed by atoms with van der Waals surface area (Å²) in [6, 6.07) is 3.80. The van der Waals surface area contributed by atoms with Gasteiger partial charge in [-0.25, -0.2) is 35.1 Å². The first-order valence-electron chi connectivity index (χ1n) is 14.6. The molecule has 5 aliphatic rings. The minimum Gasteiger partial charge on any atom is -0.351 e. The Morgan fingerprint density at radius 3 is 1.17 bits per heavy atom. The van der Waals surface area contributed by atoms with E-state index in [2.05, 4.69) is 41.9 Å². The largest absolute Gasteiger partial charge is 0.351 e. The van der Waals surface area contributed by atoms with Crippen LogP contribution in [0.5, 0.6) is 0 Å². The van der Waals surface area contributed by atoms with E-state index in [0.29, 0.717) is 0 Å². The van der Waals surface area contributed by atoms with E-state index in [-0.39, 0.29) is 67.6 Å². The fourth-order valence-corrected chi connectivity index (χ4v) is 6.84. The molecule has 244 valence electrons. The van der Waals surface area contributed by atoms with E-state index >= 15 is 0 Å². The molecule has 8 nitrogen and oxygen atoms in total. The van der Waals surface area contributed by atoms with E-state index in [4.69, 9.17) is 0 Å². The number of nitrogens with one attached hydrogen (secondary N) is 8. The van der Waals surface area contributed by atoms with E-state index in [0.717, 1.165) is 48.6 Å². The number of hydrogen-bond donors (Lipinski definition) is 8. The highest BCUT2D eigenvalue weighted by Gasteiger charge is 2.40. The zero-order valence-electron chi connectivity index (χ0n) is 24.0. The molecule has 8 bridgehead atoms. The molecule has 9 rings (SSSR count). The van der Waals surface area contributed by atoms with Crippen LogP contribution < -0.4 is 31.9 Å². The number of aromatic nitrogens is 2. The fourth-order valence-electron chi connectivity index (χ4n) is 6.84. The molecule has 0 saturated heterocycles. The molecule has 2 aromatic heterocycles. The molecule has 16 heteroatoms. The van der Waals surface area contributed by atoms with E-state index in [1.54, 1.807) is 0 Å². The van der Waals surface area contributed by atoms with Gasteiger partial charge in [-0.2, -0.15) is 0 Å². The Bertz CT molecular complexity index is 2170. The predicted octanol–water partition coefficient (Wildman–Crippen LogP) is 7.52. The van der Waals surface area contributed by atoms with Crippen LogP contribution in [0.15, 0.2) is 94.7 Å². The highest BCUT2D eigenvalue weighted by atomic mass is 19.2.